The Bertz CT molecular complexity index is 238. The molecule has 1 spiro atoms. The van der Waals surface area contributed by atoms with E-state index in [0.717, 1.165) is 51.9 Å². The first kappa shape index (κ1) is 12.1. The lowest BCUT2D eigenvalue weighted by atomic mass is 9.79. The van der Waals surface area contributed by atoms with E-state index in [1.165, 1.54) is 0 Å². The van der Waals surface area contributed by atoms with Crippen LogP contribution in [-0.4, -0.2) is 31.2 Å². The average molecular weight is 226 g/mol. The van der Waals surface area contributed by atoms with Crippen LogP contribution in [0.25, 0.3) is 0 Å². The summed E-state index contributed by atoms with van der Waals surface area (Å²) in [6, 6.07) is 0. The van der Waals surface area contributed by atoms with Crippen molar-refractivity contribution >= 4 is 5.78 Å². The Morgan fingerprint density at radius 3 is 2.75 bits per heavy atom. The highest BCUT2D eigenvalue weighted by molar-refractivity contribution is 5.78. The molecule has 1 atom stereocenters. The van der Waals surface area contributed by atoms with E-state index in [1.807, 2.05) is 6.92 Å². The van der Waals surface area contributed by atoms with Crippen molar-refractivity contribution in [3.8, 4) is 0 Å². The maximum Gasteiger partial charge on any atom is 0.132 e. The normalized spacial score (nSPS) is 29.2. The number of rotatable bonds is 3. The summed E-state index contributed by atoms with van der Waals surface area (Å²) < 4.78 is 11.3. The van der Waals surface area contributed by atoms with Crippen LogP contribution in [0, 0.1) is 5.92 Å². The Balaban J connectivity index is 1.90. The zero-order valence-electron chi connectivity index (χ0n) is 10.2. The number of carbonyl (C=O) groups is 1. The van der Waals surface area contributed by atoms with E-state index in [1.54, 1.807) is 0 Å². The molecule has 1 unspecified atom stereocenters. The highest BCUT2D eigenvalue weighted by atomic mass is 16.5. The molecule has 0 aliphatic carbocycles. The van der Waals surface area contributed by atoms with Crippen LogP contribution in [0.5, 0.6) is 0 Å². The molecule has 0 aromatic heterocycles. The van der Waals surface area contributed by atoms with Crippen LogP contribution in [-0.2, 0) is 14.3 Å². The molecule has 2 aliphatic rings. The standard InChI is InChI=1S/C13H22O3/c1-2-12(14)9-11-3-6-16-13(10-11)4-7-15-8-5-13/h11H,2-10H2,1H3. The number of carbonyl (C=O) groups excluding carboxylic acids is 1. The number of hydrogen-bond donors (Lipinski definition) is 0. The SMILES string of the molecule is CCC(=O)CC1CCOC2(CCOCC2)C1. The van der Waals surface area contributed by atoms with Crippen molar-refractivity contribution in [1.82, 2.24) is 0 Å². The molecule has 0 amide bonds. The number of hydrogen-bond acceptors (Lipinski definition) is 3. The average Bonchev–Trinajstić information content (AvgIpc) is 2.30. The van der Waals surface area contributed by atoms with Crippen molar-refractivity contribution in [2.75, 3.05) is 19.8 Å². The molecule has 2 fully saturated rings. The lowest BCUT2D eigenvalue weighted by Crippen LogP contribution is -2.44. The second-order valence-corrected chi connectivity index (χ2v) is 5.10. The molecule has 0 saturated carbocycles. The fourth-order valence-electron chi connectivity index (χ4n) is 2.86. The molecule has 92 valence electrons. The van der Waals surface area contributed by atoms with Crippen molar-refractivity contribution < 1.29 is 14.3 Å². The Hall–Kier alpha value is -0.410. The highest BCUT2D eigenvalue weighted by Crippen LogP contribution is 2.38. The summed E-state index contributed by atoms with van der Waals surface area (Å²) in [5.41, 5.74) is 0.0369. The fourth-order valence-corrected chi connectivity index (χ4v) is 2.86. The Labute approximate surface area is 97.5 Å². The van der Waals surface area contributed by atoms with Gasteiger partial charge in [-0.25, -0.2) is 0 Å². The van der Waals surface area contributed by atoms with Gasteiger partial charge in [0.05, 0.1) is 5.60 Å². The third-order valence-corrected chi connectivity index (χ3v) is 3.91. The van der Waals surface area contributed by atoms with Crippen molar-refractivity contribution in [1.29, 1.82) is 0 Å². The fraction of sp³-hybridized carbons (Fsp3) is 0.923. The summed E-state index contributed by atoms with van der Waals surface area (Å²) >= 11 is 0. The van der Waals surface area contributed by atoms with E-state index in [-0.39, 0.29) is 5.60 Å². The number of ether oxygens (including phenoxy) is 2. The topological polar surface area (TPSA) is 35.5 Å². The lowest BCUT2D eigenvalue weighted by molar-refractivity contribution is -0.149. The molecule has 2 rings (SSSR count). The molecule has 0 aromatic rings. The van der Waals surface area contributed by atoms with Gasteiger partial charge in [0.1, 0.15) is 5.78 Å². The first-order valence-electron chi connectivity index (χ1n) is 6.47. The summed E-state index contributed by atoms with van der Waals surface area (Å²) in [5.74, 6) is 0.938. The maximum absolute atomic E-state index is 11.5. The third kappa shape index (κ3) is 2.83. The second kappa shape index (κ2) is 5.28. The van der Waals surface area contributed by atoms with Gasteiger partial charge in [-0.3, -0.25) is 4.79 Å². The zero-order valence-corrected chi connectivity index (χ0v) is 10.2. The number of Topliss-reactive ketones (excluding diaryl/α,β-unsaturated/α-hetero) is 1. The van der Waals surface area contributed by atoms with Gasteiger partial charge in [-0.1, -0.05) is 6.92 Å². The quantitative estimate of drug-likeness (QED) is 0.741. The van der Waals surface area contributed by atoms with Crippen molar-refractivity contribution in [2.45, 2.75) is 51.0 Å². The van der Waals surface area contributed by atoms with Crippen LogP contribution in [0.4, 0.5) is 0 Å². The van der Waals surface area contributed by atoms with E-state index in [0.29, 0.717) is 18.1 Å². The molecular formula is C13H22O3. The summed E-state index contributed by atoms with van der Waals surface area (Å²) in [6.07, 6.45) is 5.54. The summed E-state index contributed by atoms with van der Waals surface area (Å²) in [6.45, 7) is 4.40. The summed E-state index contributed by atoms with van der Waals surface area (Å²) in [7, 11) is 0. The molecule has 3 nitrogen and oxygen atoms in total. The molecule has 3 heteroatoms. The highest BCUT2D eigenvalue weighted by Gasteiger charge is 2.39. The Kier molecular flexibility index (Phi) is 3.98. The summed E-state index contributed by atoms with van der Waals surface area (Å²) in [4.78, 5) is 11.5. The molecule has 2 aliphatic heterocycles. The molecule has 0 aromatic carbocycles. The Morgan fingerprint density at radius 2 is 2.06 bits per heavy atom. The van der Waals surface area contributed by atoms with Gasteiger partial charge >= 0.3 is 0 Å². The van der Waals surface area contributed by atoms with Crippen LogP contribution in [0.1, 0.15) is 45.4 Å². The lowest BCUT2D eigenvalue weighted by Gasteiger charge is -2.43. The van der Waals surface area contributed by atoms with Gasteiger partial charge in [0.25, 0.3) is 0 Å². The van der Waals surface area contributed by atoms with Gasteiger partial charge in [0, 0.05) is 32.7 Å². The first-order chi connectivity index (χ1) is 7.74. The van der Waals surface area contributed by atoms with Gasteiger partial charge in [-0.05, 0) is 31.6 Å². The first-order valence-corrected chi connectivity index (χ1v) is 6.47. The molecule has 2 saturated heterocycles. The third-order valence-electron chi connectivity index (χ3n) is 3.91. The van der Waals surface area contributed by atoms with Gasteiger partial charge in [-0.15, -0.1) is 0 Å². The minimum absolute atomic E-state index is 0.0369. The van der Waals surface area contributed by atoms with Crippen LogP contribution in [0.15, 0.2) is 0 Å². The van der Waals surface area contributed by atoms with E-state index in [9.17, 15) is 4.79 Å². The predicted molar refractivity (Wildman–Crippen MR) is 61.4 cm³/mol. The van der Waals surface area contributed by atoms with Crippen LogP contribution < -0.4 is 0 Å². The second-order valence-electron chi connectivity index (χ2n) is 5.10. The van der Waals surface area contributed by atoms with Gasteiger partial charge in [0.2, 0.25) is 0 Å². The molecule has 0 N–H and O–H groups in total. The number of ketones is 1. The molecule has 0 bridgehead atoms. The van der Waals surface area contributed by atoms with Crippen molar-refractivity contribution in [3.63, 3.8) is 0 Å². The summed E-state index contributed by atoms with van der Waals surface area (Å²) in [5, 5.41) is 0. The van der Waals surface area contributed by atoms with Crippen molar-refractivity contribution in [2.24, 2.45) is 5.92 Å². The van der Waals surface area contributed by atoms with Gasteiger partial charge in [-0.2, -0.15) is 0 Å². The smallest absolute Gasteiger partial charge is 0.132 e. The van der Waals surface area contributed by atoms with E-state index in [4.69, 9.17) is 9.47 Å². The molecule has 16 heavy (non-hydrogen) atoms. The predicted octanol–water partition coefficient (Wildman–Crippen LogP) is 2.33. The van der Waals surface area contributed by atoms with Crippen LogP contribution >= 0.6 is 0 Å². The van der Waals surface area contributed by atoms with Crippen LogP contribution in [0.3, 0.4) is 0 Å². The largest absolute Gasteiger partial charge is 0.381 e. The molecule has 2 heterocycles. The van der Waals surface area contributed by atoms with Crippen molar-refractivity contribution in [3.05, 3.63) is 0 Å². The van der Waals surface area contributed by atoms with E-state index < -0.39 is 0 Å². The van der Waals surface area contributed by atoms with Gasteiger partial charge in [0.15, 0.2) is 0 Å². The van der Waals surface area contributed by atoms with E-state index in [2.05, 4.69) is 0 Å². The monoisotopic (exact) mass is 226 g/mol. The Morgan fingerprint density at radius 1 is 1.31 bits per heavy atom. The zero-order chi connectivity index (χ0) is 11.4. The van der Waals surface area contributed by atoms with Crippen LogP contribution in [0.2, 0.25) is 0 Å². The van der Waals surface area contributed by atoms with E-state index >= 15 is 0 Å². The van der Waals surface area contributed by atoms with Gasteiger partial charge < -0.3 is 9.47 Å². The maximum atomic E-state index is 11.5. The molecule has 0 radical (unpaired) electrons. The molecular weight excluding hydrogens is 204 g/mol. The minimum atomic E-state index is 0.0369. The minimum Gasteiger partial charge on any atom is -0.381 e.